The summed E-state index contributed by atoms with van der Waals surface area (Å²) >= 11 is 0. The highest BCUT2D eigenvalue weighted by molar-refractivity contribution is 4.80. The third kappa shape index (κ3) is 5.80. The maximum Gasteiger partial charge on any atom is 0.0253 e. The van der Waals surface area contributed by atoms with Gasteiger partial charge in [-0.25, -0.2) is 0 Å². The molecule has 0 aliphatic carbocycles. The number of hydrogen-bond donors (Lipinski definition) is 2. The van der Waals surface area contributed by atoms with Crippen molar-refractivity contribution in [3.63, 3.8) is 0 Å². The molecule has 2 unspecified atom stereocenters. The number of hydrogen-bond acceptors (Lipinski definition) is 4. The first kappa shape index (κ1) is 15.8. The van der Waals surface area contributed by atoms with Crippen molar-refractivity contribution in [1.82, 2.24) is 9.80 Å². The Kier molecular flexibility index (Phi) is 8.84. The lowest BCUT2D eigenvalue weighted by Crippen LogP contribution is -2.47. The van der Waals surface area contributed by atoms with Gasteiger partial charge in [-0.3, -0.25) is 0 Å². The molecule has 98 valence electrons. The zero-order valence-corrected chi connectivity index (χ0v) is 11.4. The van der Waals surface area contributed by atoms with Gasteiger partial charge in [-0.15, -0.1) is 0 Å². The SMILES string of the molecule is CCN(CC)CCC(N)C(CCN)N(C)C. The minimum atomic E-state index is 0.221. The minimum Gasteiger partial charge on any atom is -0.330 e. The molecule has 0 amide bonds. The van der Waals surface area contributed by atoms with Gasteiger partial charge in [-0.2, -0.15) is 0 Å². The van der Waals surface area contributed by atoms with E-state index in [4.69, 9.17) is 11.5 Å². The third-order valence-electron chi connectivity index (χ3n) is 3.29. The Hall–Kier alpha value is -0.160. The Morgan fingerprint density at radius 3 is 2.00 bits per heavy atom. The number of nitrogens with zero attached hydrogens (tertiary/aromatic N) is 2. The van der Waals surface area contributed by atoms with Crippen LogP contribution in [0.25, 0.3) is 0 Å². The molecule has 0 saturated carbocycles. The molecule has 0 saturated heterocycles. The summed E-state index contributed by atoms with van der Waals surface area (Å²) < 4.78 is 0. The fourth-order valence-electron chi connectivity index (χ4n) is 2.09. The largest absolute Gasteiger partial charge is 0.330 e. The Morgan fingerprint density at radius 2 is 1.62 bits per heavy atom. The lowest BCUT2D eigenvalue weighted by atomic mass is 10.0. The van der Waals surface area contributed by atoms with Gasteiger partial charge in [0.2, 0.25) is 0 Å². The maximum atomic E-state index is 6.24. The first-order valence-corrected chi connectivity index (χ1v) is 6.41. The van der Waals surface area contributed by atoms with Gasteiger partial charge < -0.3 is 21.3 Å². The van der Waals surface area contributed by atoms with Gasteiger partial charge in [-0.1, -0.05) is 13.8 Å². The predicted molar refractivity (Wildman–Crippen MR) is 71.5 cm³/mol. The summed E-state index contributed by atoms with van der Waals surface area (Å²) in [5, 5.41) is 0. The molecular formula is C12H30N4. The van der Waals surface area contributed by atoms with E-state index in [2.05, 4.69) is 37.7 Å². The van der Waals surface area contributed by atoms with Crippen LogP contribution in [0.15, 0.2) is 0 Å². The lowest BCUT2D eigenvalue weighted by Gasteiger charge is -2.31. The Balaban J connectivity index is 4.04. The summed E-state index contributed by atoms with van der Waals surface area (Å²) in [4.78, 5) is 4.61. The fraction of sp³-hybridized carbons (Fsp3) is 1.00. The Bertz CT molecular complexity index is 157. The molecule has 0 aromatic rings. The van der Waals surface area contributed by atoms with Gasteiger partial charge in [0.25, 0.3) is 0 Å². The molecule has 0 rings (SSSR count). The molecule has 16 heavy (non-hydrogen) atoms. The van der Waals surface area contributed by atoms with Crippen LogP contribution in [0.5, 0.6) is 0 Å². The van der Waals surface area contributed by atoms with E-state index < -0.39 is 0 Å². The third-order valence-corrected chi connectivity index (χ3v) is 3.29. The number of nitrogens with two attached hydrogens (primary N) is 2. The molecule has 4 N–H and O–H groups in total. The van der Waals surface area contributed by atoms with Crippen LogP contribution in [-0.2, 0) is 0 Å². The van der Waals surface area contributed by atoms with E-state index in [1.807, 2.05) is 0 Å². The van der Waals surface area contributed by atoms with Crippen molar-refractivity contribution in [2.45, 2.75) is 38.8 Å². The van der Waals surface area contributed by atoms with Gasteiger partial charge in [0.05, 0.1) is 0 Å². The molecule has 0 aliphatic heterocycles. The zero-order valence-electron chi connectivity index (χ0n) is 11.4. The predicted octanol–water partition coefficient (Wildman–Crippen LogP) is 0.325. The molecule has 0 aliphatic rings. The van der Waals surface area contributed by atoms with E-state index in [9.17, 15) is 0 Å². The molecular weight excluding hydrogens is 200 g/mol. The molecule has 0 spiro atoms. The first-order valence-electron chi connectivity index (χ1n) is 6.41. The average molecular weight is 230 g/mol. The monoisotopic (exact) mass is 230 g/mol. The molecule has 2 atom stereocenters. The van der Waals surface area contributed by atoms with Gasteiger partial charge in [0.15, 0.2) is 0 Å². The molecule has 0 radical (unpaired) electrons. The van der Waals surface area contributed by atoms with Gasteiger partial charge >= 0.3 is 0 Å². The summed E-state index contributed by atoms with van der Waals surface area (Å²) in [6, 6.07) is 0.625. The van der Waals surface area contributed by atoms with Crippen molar-refractivity contribution in [1.29, 1.82) is 0 Å². The van der Waals surface area contributed by atoms with Crippen LogP contribution in [0.1, 0.15) is 26.7 Å². The maximum absolute atomic E-state index is 6.24. The van der Waals surface area contributed by atoms with Crippen molar-refractivity contribution in [2.24, 2.45) is 11.5 Å². The second kappa shape index (κ2) is 8.93. The molecule has 0 bridgehead atoms. The van der Waals surface area contributed by atoms with Crippen LogP contribution in [0.2, 0.25) is 0 Å². The van der Waals surface area contributed by atoms with Crippen LogP contribution in [-0.4, -0.2) is 62.2 Å². The summed E-state index contributed by atoms with van der Waals surface area (Å²) in [7, 11) is 4.16. The quantitative estimate of drug-likeness (QED) is 0.599. The van der Waals surface area contributed by atoms with Crippen LogP contribution in [0.4, 0.5) is 0 Å². The van der Waals surface area contributed by atoms with Crippen molar-refractivity contribution in [3.8, 4) is 0 Å². The minimum absolute atomic E-state index is 0.221. The molecule has 0 aromatic carbocycles. The topological polar surface area (TPSA) is 58.5 Å². The second-order valence-corrected chi connectivity index (χ2v) is 4.59. The zero-order chi connectivity index (χ0) is 12.6. The summed E-state index contributed by atoms with van der Waals surface area (Å²) in [5.74, 6) is 0. The van der Waals surface area contributed by atoms with Gasteiger partial charge in [0, 0.05) is 12.1 Å². The second-order valence-electron chi connectivity index (χ2n) is 4.59. The van der Waals surface area contributed by atoms with E-state index in [1.54, 1.807) is 0 Å². The molecule has 0 aromatic heterocycles. The normalized spacial score (nSPS) is 15.8. The standard InChI is InChI=1S/C12H30N4/c1-5-16(6-2)10-8-11(14)12(7-9-13)15(3)4/h11-12H,5-10,13-14H2,1-4H3. The van der Waals surface area contributed by atoms with E-state index in [0.29, 0.717) is 12.6 Å². The van der Waals surface area contributed by atoms with Crippen LogP contribution < -0.4 is 11.5 Å². The van der Waals surface area contributed by atoms with E-state index in [1.165, 1.54) is 0 Å². The number of rotatable bonds is 9. The highest BCUT2D eigenvalue weighted by atomic mass is 15.1. The van der Waals surface area contributed by atoms with E-state index in [0.717, 1.165) is 32.5 Å². The Morgan fingerprint density at radius 1 is 1.06 bits per heavy atom. The van der Waals surface area contributed by atoms with E-state index >= 15 is 0 Å². The van der Waals surface area contributed by atoms with Crippen molar-refractivity contribution in [2.75, 3.05) is 40.3 Å². The molecule has 4 nitrogen and oxygen atoms in total. The smallest absolute Gasteiger partial charge is 0.0253 e. The lowest BCUT2D eigenvalue weighted by molar-refractivity contribution is 0.213. The molecule has 4 heteroatoms. The highest BCUT2D eigenvalue weighted by Gasteiger charge is 2.19. The van der Waals surface area contributed by atoms with Gasteiger partial charge in [0.1, 0.15) is 0 Å². The van der Waals surface area contributed by atoms with Crippen LogP contribution in [0, 0.1) is 0 Å². The van der Waals surface area contributed by atoms with Crippen molar-refractivity contribution >= 4 is 0 Å². The van der Waals surface area contributed by atoms with Crippen molar-refractivity contribution < 1.29 is 0 Å². The van der Waals surface area contributed by atoms with Crippen molar-refractivity contribution in [3.05, 3.63) is 0 Å². The summed E-state index contributed by atoms with van der Waals surface area (Å²) in [5.41, 5.74) is 11.9. The first-order chi connectivity index (χ1) is 7.56. The highest BCUT2D eigenvalue weighted by Crippen LogP contribution is 2.07. The average Bonchev–Trinajstić information content (AvgIpc) is 2.26. The fourth-order valence-corrected chi connectivity index (χ4v) is 2.09. The van der Waals surface area contributed by atoms with Gasteiger partial charge in [-0.05, 0) is 53.1 Å². The van der Waals surface area contributed by atoms with E-state index in [-0.39, 0.29) is 6.04 Å². The summed E-state index contributed by atoms with van der Waals surface area (Å²) in [6.45, 7) is 8.39. The molecule has 0 heterocycles. The van der Waals surface area contributed by atoms with Crippen LogP contribution in [0.3, 0.4) is 0 Å². The summed E-state index contributed by atoms with van der Waals surface area (Å²) in [6.07, 6.45) is 2.02. The molecule has 0 fully saturated rings. The van der Waals surface area contributed by atoms with Crippen LogP contribution >= 0.6 is 0 Å². The number of likely N-dealkylation sites (N-methyl/N-ethyl adjacent to an activating group) is 1. The Labute approximate surface area is 101 Å².